The molecule has 0 saturated heterocycles. The zero-order valence-electron chi connectivity index (χ0n) is 16.2. The summed E-state index contributed by atoms with van der Waals surface area (Å²) in [6.45, 7) is 6.23. The van der Waals surface area contributed by atoms with E-state index in [2.05, 4.69) is 41.4 Å². The predicted octanol–water partition coefficient (Wildman–Crippen LogP) is 3.55. The summed E-state index contributed by atoms with van der Waals surface area (Å²) < 4.78 is 5.64. The van der Waals surface area contributed by atoms with Crippen LogP contribution >= 0.6 is 0 Å². The summed E-state index contributed by atoms with van der Waals surface area (Å²) in [6, 6.07) is 18.9. The van der Waals surface area contributed by atoms with E-state index >= 15 is 0 Å². The molecule has 0 aliphatic carbocycles. The normalized spacial score (nSPS) is 15.1. The second-order valence-corrected chi connectivity index (χ2v) is 7.36. The van der Waals surface area contributed by atoms with Crippen molar-refractivity contribution >= 4 is 5.91 Å². The number of ether oxygens (including phenoxy) is 1. The lowest BCUT2D eigenvalue weighted by atomic mass is 10.00. The fraction of sp³-hybridized carbons (Fsp3) is 0.435. The molecule has 0 radical (unpaired) electrons. The van der Waals surface area contributed by atoms with Crippen LogP contribution < -0.4 is 5.32 Å². The molecule has 1 unspecified atom stereocenters. The summed E-state index contributed by atoms with van der Waals surface area (Å²) in [5.41, 5.74) is 4.04. The molecule has 144 valence electrons. The van der Waals surface area contributed by atoms with E-state index in [0.717, 1.165) is 32.5 Å². The number of nitrogens with one attached hydrogen (secondary N) is 1. The lowest BCUT2D eigenvalue weighted by molar-refractivity contribution is -0.122. The molecule has 2 aromatic carbocycles. The van der Waals surface area contributed by atoms with E-state index in [0.29, 0.717) is 19.6 Å². The Hall–Kier alpha value is -2.17. The summed E-state index contributed by atoms with van der Waals surface area (Å²) in [7, 11) is 0. The van der Waals surface area contributed by atoms with Gasteiger partial charge in [-0.25, -0.2) is 0 Å². The average molecular weight is 367 g/mol. The Balaban J connectivity index is 1.29. The average Bonchev–Trinajstić information content (AvgIpc) is 2.68. The van der Waals surface area contributed by atoms with Crippen LogP contribution in [0.4, 0.5) is 0 Å². The van der Waals surface area contributed by atoms with Crippen LogP contribution in [0.1, 0.15) is 36.5 Å². The van der Waals surface area contributed by atoms with Gasteiger partial charge in [0, 0.05) is 38.7 Å². The van der Waals surface area contributed by atoms with E-state index in [1.165, 1.54) is 16.7 Å². The monoisotopic (exact) mass is 366 g/mol. The van der Waals surface area contributed by atoms with Gasteiger partial charge in [0.05, 0.1) is 6.61 Å². The van der Waals surface area contributed by atoms with E-state index in [4.69, 9.17) is 4.74 Å². The molecule has 0 bridgehead atoms. The fourth-order valence-corrected chi connectivity index (χ4v) is 3.59. The number of nitrogens with zero attached hydrogens (tertiary/aromatic N) is 1. The van der Waals surface area contributed by atoms with Crippen molar-refractivity contribution in [3.05, 3.63) is 71.3 Å². The highest BCUT2D eigenvalue weighted by Gasteiger charge is 2.18. The topological polar surface area (TPSA) is 41.6 Å². The first kappa shape index (κ1) is 19.6. The van der Waals surface area contributed by atoms with Gasteiger partial charge in [-0.15, -0.1) is 0 Å². The van der Waals surface area contributed by atoms with Gasteiger partial charge in [0.15, 0.2) is 0 Å². The number of amides is 1. The first-order valence-electron chi connectivity index (χ1n) is 9.91. The minimum absolute atomic E-state index is 0.114. The van der Waals surface area contributed by atoms with Crippen molar-refractivity contribution in [1.82, 2.24) is 10.2 Å². The number of benzene rings is 2. The SMILES string of the molecule is CC(CN1CCc2ccccc2C1)NC(=O)CCCOCc1ccccc1. The first-order valence-corrected chi connectivity index (χ1v) is 9.91. The van der Waals surface area contributed by atoms with Crippen molar-refractivity contribution < 1.29 is 9.53 Å². The molecule has 2 aromatic rings. The van der Waals surface area contributed by atoms with Crippen LogP contribution in [-0.2, 0) is 29.1 Å². The van der Waals surface area contributed by atoms with Crippen molar-refractivity contribution in [3.8, 4) is 0 Å². The highest BCUT2D eigenvalue weighted by molar-refractivity contribution is 5.76. The summed E-state index contributed by atoms with van der Waals surface area (Å²) in [6.07, 6.45) is 2.36. The molecular formula is C23H30N2O2. The van der Waals surface area contributed by atoms with Gasteiger partial charge in [-0.05, 0) is 36.5 Å². The summed E-state index contributed by atoms with van der Waals surface area (Å²) in [4.78, 5) is 14.6. The maximum Gasteiger partial charge on any atom is 0.220 e. The van der Waals surface area contributed by atoms with Crippen molar-refractivity contribution in [2.75, 3.05) is 19.7 Å². The third-order valence-electron chi connectivity index (χ3n) is 4.95. The number of rotatable bonds is 9. The molecule has 0 fully saturated rings. The van der Waals surface area contributed by atoms with Crippen LogP contribution in [0.25, 0.3) is 0 Å². The van der Waals surface area contributed by atoms with Gasteiger partial charge in [-0.1, -0.05) is 54.6 Å². The maximum atomic E-state index is 12.1. The molecule has 0 aromatic heterocycles. The second-order valence-electron chi connectivity index (χ2n) is 7.36. The largest absolute Gasteiger partial charge is 0.377 e. The Kier molecular flexibility index (Phi) is 7.43. The molecule has 4 heteroatoms. The number of fused-ring (bicyclic) bond motifs is 1. The summed E-state index contributed by atoms with van der Waals surface area (Å²) in [5.74, 6) is 0.114. The minimum atomic E-state index is 0.114. The van der Waals surface area contributed by atoms with Gasteiger partial charge in [-0.2, -0.15) is 0 Å². The van der Waals surface area contributed by atoms with Gasteiger partial charge in [0.25, 0.3) is 0 Å². The van der Waals surface area contributed by atoms with Gasteiger partial charge >= 0.3 is 0 Å². The Morgan fingerprint density at radius 2 is 1.85 bits per heavy atom. The zero-order chi connectivity index (χ0) is 18.9. The third kappa shape index (κ3) is 6.49. The van der Waals surface area contributed by atoms with Gasteiger partial charge in [-0.3, -0.25) is 9.69 Å². The Morgan fingerprint density at radius 1 is 1.11 bits per heavy atom. The lowest BCUT2D eigenvalue weighted by Gasteiger charge is -2.31. The van der Waals surface area contributed by atoms with Crippen LogP contribution in [-0.4, -0.2) is 36.5 Å². The Bertz CT molecular complexity index is 717. The van der Waals surface area contributed by atoms with E-state index in [1.54, 1.807) is 0 Å². The molecule has 4 nitrogen and oxygen atoms in total. The molecule has 1 heterocycles. The first-order chi connectivity index (χ1) is 13.2. The highest BCUT2D eigenvalue weighted by atomic mass is 16.5. The molecule has 1 aliphatic rings. The molecule has 1 N–H and O–H groups in total. The van der Waals surface area contributed by atoms with Crippen LogP contribution in [0.3, 0.4) is 0 Å². The highest BCUT2D eigenvalue weighted by Crippen LogP contribution is 2.18. The van der Waals surface area contributed by atoms with Crippen LogP contribution in [0.2, 0.25) is 0 Å². The van der Waals surface area contributed by atoms with Crippen molar-refractivity contribution in [3.63, 3.8) is 0 Å². The van der Waals surface area contributed by atoms with Gasteiger partial charge in [0.1, 0.15) is 0 Å². The van der Waals surface area contributed by atoms with E-state index in [1.807, 2.05) is 30.3 Å². The zero-order valence-corrected chi connectivity index (χ0v) is 16.2. The minimum Gasteiger partial charge on any atom is -0.377 e. The number of hydrogen-bond acceptors (Lipinski definition) is 3. The quantitative estimate of drug-likeness (QED) is 0.690. The van der Waals surface area contributed by atoms with E-state index in [-0.39, 0.29) is 11.9 Å². The standard InChI is InChI=1S/C23H30N2O2/c1-19(16-25-14-13-21-10-5-6-11-22(21)17-25)24-23(26)12-7-15-27-18-20-8-3-2-4-9-20/h2-6,8-11,19H,7,12-18H2,1H3,(H,24,26). The molecule has 1 amide bonds. The van der Waals surface area contributed by atoms with E-state index < -0.39 is 0 Å². The smallest absolute Gasteiger partial charge is 0.220 e. The summed E-state index contributed by atoms with van der Waals surface area (Å²) in [5, 5.41) is 3.12. The fourth-order valence-electron chi connectivity index (χ4n) is 3.59. The molecule has 0 spiro atoms. The molecule has 3 rings (SSSR count). The Labute approximate surface area is 162 Å². The Morgan fingerprint density at radius 3 is 2.67 bits per heavy atom. The lowest BCUT2D eigenvalue weighted by Crippen LogP contribution is -2.43. The summed E-state index contributed by atoms with van der Waals surface area (Å²) >= 11 is 0. The van der Waals surface area contributed by atoms with E-state index in [9.17, 15) is 4.79 Å². The van der Waals surface area contributed by atoms with Crippen LogP contribution in [0, 0.1) is 0 Å². The number of carbonyl (C=O) groups excluding carboxylic acids is 1. The molecule has 27 heavy (non-hydrogen) atoms. The van der Waals surface area contributed by atoms with Crippen molar-refractivity contribution in [2.45, 2.75) is 45.4 Å². The van der Waals surface area contributed by atoms with Crippen molar-refractivity contribution in [1.29, 1.82) is 0 Å². The van der Waals surface area contributed by atoms with Crippen molar-refractivity contribution in [2.24, 2.45) is 0 Å². The predicted molar refractivity (Wildman–Crippen MR) is 108 cm³/mol. The third-order valence-corrected chi connectivity index (χ3v) is 4.95. The second kappa shape index (κ2) is 10.2. The molecule has 1 aliphatic heterocycles. The van der Waals surface area contributed by atoms with Gasteiger partial charge in [0.2, 0.25) is 5.91 Å². The molecular weight excluding hydrogens is 336 g/mol. The maximum absolute atomic E-state index is 12.1. The number of carbonyl (C=O) groups is 1. The molecule has 0 saturated carbocycles. The van der Waals surface area contributed by atoms with Crippen LogP contribution in [0.15, 0.2) is 54.6 Å². The number of hydrogen-bond donors (Lipinski definition) is 1. The van der Waals surface area contributed by atoms with Gasteiger partial charge < -0.3 is 10.1 Å². The van der Waals surface area contributed by atoms with Crippen LogP contribution in [0.5, 0.6) is 0 Å². The molecule has 1 atom stereocenters.